The highest BCUT2D eigenvalue weighted by atomic mass is 16.5. The zero-order chi connectivity index (χ0) is 9.31. The molecule has 1 saturated carbocycles. The van der Waals surface area contributed by atoms with Crippen LogP contribution < -0.4 is 0 Å². The van der Waals surface area contributed by atoms with Gasteiger partial charge in [-0.05, 0) is 39.5 Å². The molecule has 1 aliphatic carbocycles. The normalized spacial score (nSPS) is 28.8. The van der Waals surface area contributed by atoms with Gasteiger partial charge in [0.15, 0.2) is 0 Å². The summed E-state index contributed by atoms with van der Waals surface area (Å²) in [5, 5.41) is 0. The van der Waals surface area contributed by atoms with E-state index in [1.807, 2.05) is 0 Å². The van der Waals surface area contributed by atoms with Crippen LogP contribution in [-0.2, 0) is 4.74 Å². The molecule has 0 aromatic heterocycles. The summed E-state index contributed by atoms with van der Waals surface area (Å²) >= 11 is 0. The quantitative estimate of drug-likeness (QED) is 0.617. The second kappa shape index (κ2) is 3.58. The third-order valence-corrected chi connectivity index (χ3v) is 3.58. The molecule has 2 rings (SSSR count). The van der Waals surface area contributed by atoms with E-state index in [0.29, 0.717) is 11.6 Å². The number of nitrogens with zero attached hydrogens (tertiary/aromatic N) is 1. The van der Waals surface area contributed by atoms with E-state index < -0.39 is 0 Å². The topological polar surface area (TPSA) is 12.5 Å². The van der Waals surface area contributed by atoms with Crippen LogP contribution in [0.3, 0.4) is 0 Å². The van der Waals surface area contributed by atoms with E-state index in [1.165, 1.54) is 32.2 Å². The van der Waals surface area contributed by atoms with Gasteiger partial charge in [-0.25, -0.2) is 0 Å². The van der Waals surface area contributed by atoms with Crippen molar-refractivity contribution >= 4 is 0 Å². The molecule has 0 bridgehead atoms. The van der Waals surface area contributed by atoms with Gasteiger partial charge in [-0.1, -0.05) is 0 Å². The number of hydrogen-bond acceptors (Lipinski definition) is 2. The largest absolute Gasteiger partial charge is 0.379 e. The minimum absolute atomic E-state index is 0.435. The van der Waals surface area contributed by atoms with E-state index in [0.717, 1.165) is 13.2 Å². The molecule has 1 saturated heterocycles. The average molecular weight is 183 g/mol. The molecule has 0 N–H and O–H groups in total. The Morgan fingerprint density at radius 1 is 1.23 bits per heavy atom. The van der Waals surface area contributed by atoms with Gasteiger partial charge in [-0.15, -0.1) is 0 Å². The fourth-order valence-corrected chi connectivity index (χ4v) is 2.74. The molecule has 13 heavy (non-hydrogen) atoms. The third kappa shape index (κ3) is 1.62. The maximum atomic E-state index is 5.69. The molecule has 1 spiro atoms. The summed E-state index contributed by atoms with van der Waals surface area (Å²) in [6, 6.07) is 0.682. The van der Waals surface area contributed by atoms with Crippen LogP contribution in [0.2, 0.25) is 0 Å². The standard InChI is InChI=1S/C11H21NO/c1-10(2)12-7-4-8-13-9-11(12)5-3-6-11/h10H,3-9H2,1-2H3. The second-order valence-electron chi connectivity index (χ2n) is 4.77. The van der Waals surface area contributed by atoms with Gasteiger partial charge in [-0.2, -0.15) is 0 Å². The van der Waals surface area contributed by atoms with Crippen molar-refractivity contribution in [3.05, 3.63) is 0 Å². The fourth-order valence-electron chi connectivity index (χ4n) is 2.74. The third-order valence-electron chi connectivity index (χ3n) is 3.58. The summed E-state index contributed by atoms with van der Waals surface area (Å²) in [5.41, 5.74) is 0.435. The Morgan fingerprint density at radius 2 is 2.00 bits per heavy atom. The van der Waals surface area contributed by atoms with Crippen molar-refractivity contribution in [2.24, 2.45) is 0 Å². The highest BCUT2D eigenvalue weighted by Gasteiger charge is 2.44. The lowest BCUT2D eigenvalue weighted by Gasteiger charge is -2.51. The molecule has 2 heteroatoms. The van der Waals surface area contributed by atoms with Crippen LogP contribution in [0.25, 0.3) is 0 Å². The molecule has 1 aliphatic heterocycles. The molecule has 0 radical (unpaired) electrons. The van der Waals surface area contributed by atoms with Crippen molar-refractivity contribution < 1.29 is 4.74 Å². The maximum Gasteiger partial charge on any atom is 0.0650 e. The zero-order valence-electron chi connectivity index (χ0n) is 8.88. The van der Waals surface area contributed by atoms with Crippen LogP contribution in [0.4, 0.5) is 0 Å². The Labute approximate surface area is 81.3 Å². The minimum Gasteiger partial charge on any atom is -0.379 e. The van der Waals surface area contributed by atoms with E-state index in [1.54, 1.807) is 0 Å². The molecular formula is C11H21NO. The first-order valence-electron chi connectivity index (χ1n) is 5.59. The van der Waals surface area contributed by atoms with Gasteiger partial charge in [0.25, 0.3) is 0 Å². The molecule has 2 nitrogen and oxygen atoms in total. The van der Waals surface area contributed by atoms with Crippen LogP contribution in [0, 0.1) is 0 Å². The van der Waals surface area contributed by atoms with Gasteiger partial charge in [-0.3, -0.25) is 4.90 Å². The summed E-state index contributed by atoms with van der Waals surface area (Å²) in [7, 11) is 0. The first-order chi connectivity index (χ1) is 6.25. The van der Waals surface area contributed by atoms with E-state index in [9.17, 15) is 0 Å². The molecule has 76 valence electrons. The van der Waals surface area contributed by atoms with Gasteiger partial charge in [0.2, 0.25) is 0 Å². The van der Waals surface area contributed by atoms with Crippen molar-refractivity contribution in [2.75, 3.05) is 19.8 Å². The predicted octanol–water partition coefficient (Wildman–Crippen LogP) is 2.04. The van der Waals surface area contributed by atoms with Crippen LogP contribution in [-0.4, -0.2) is 36.2 Å². The Kier molecular flexibility index (Phi) is 2.61. The first kappa shape index (κ1) is 9.47. The number of rotatable bonds is 1. The van der Waals surface area contributed by atoms with Crippen LogP contribution in [0.15, 0.2) is 0 Å². The monoisotopic (exact) mass is 183 g/mol. The Balaban J connectivity index is 2.09. The minimum atomic E-state index is 0.435. The van der Waals surface area contributed by atoms with Crippen molar-refractivity contribution in [2.45, 2.75) is 51.1 Å². The van der Waals surface area contributed by atoms with Crippen LogP contribution in [0.1, 0.15) is 39.5 Å². The highest BCUT2D eigenvalue weighted by molar-refractivity contribution is 5.00. The first-order valence-corrected chi connectivity index (χ1v) is 5.59. The smallest absolute Gasteiger partial charge is 0.0650 e. The fraction of sp³-hybridized carbons (Fsp3) is 1.00. The van der Waals surface area contributed by atoms with Crippen LogP contribution >= 0.6 is 0 Å². The average Bonchev–Trinajstić information content (AvgIpc) is 2.23. The summed E-state index contributed by atoms with van der Waals surface area (Å²) in [5.74, 6) is 0. The molecule has 2 aliphatic rings. The van der Waals surface area contributed by atoms with E-state index in [2.05, 4.69) is 18.7 Å². The van der Waals surface area contributed by atoms with Gasteiger partial charge < -0.3 is 4.74 Å². The van der Waals surface area contributed by atoms with Gasteiger partial charge >= 0.3 is 0 Å². The second-order valence-corrected chi connectivity index (χ2v) is 4.77. The van der Waals surface area contributed by atoms with Gasteiger partial charge in [0, 0.05) is 24.7 Å². The SMILES string of the molecule is CC(C)N1CCCOCC12CCC2. The van der Waals surface area contributed by atoms with E-state index in [4.69, 9.17) is 4.74 Å². The molecule has 0 unspecified atom stereocenters. The van der Waals surface area contributed by atoms with E-state index in [-0.39, 0.29) is 0 Å². The molecule has 0 amide bonds. The van der Waals surface area contributed by atoms with Crippen LogP contribution in [0.5, 0.6) is 0 Å². The lowest BCUT2D eigenvalue weighted by atomic mass is 9.75. The molecule has 0 atom stereocenters. The molecule has 0 aromatic carbocycles. The summed E-state index contributed by atoms with van der Waals surface area (Å²) in [4.78, 5) is 2.67. The highest BCUT2D eigenvalue weighted by Crippen LogP contribution is 2.40. The Hall–Kier alpha value is -0.0800. The molecule has 1 heterocycles. The summed E-state index contributed by atoms with van der Waals surface area (Å²) in [6.07, 6.45) is 5.31. The Bertz CT molecular complexity index is 175. The molecule has 2 fully saturated rings. The summed E-state index contributed by atoms with van der Waals surface area (Å²) in [6.45, 7) is 7.80. The van der Waals surface area contributed by atoms with Crippen molar-refractivity contribution in [3.8, 4) is 0 Å². The van der Waals surface area contributed by atoms with Crippen molar-refractivity contribution in [1.29, 1.82) is 0 Å². The predicted molar refractivity (Wildman–Crippen MR) is 53.9 cm³/mol. The summed E-state index contributed by atoms with van der Waals surface area (Å²) < 4.78 is 5.69. The Morgan fingerprint density at radius 3 is 2.54 bits per heavy atom. The number of ether oxygens (including phenoxy) is 1. The molecule has 0 aromatic rings. The lowest BCUT2D eigenvalue weighted by Crippen LogP contribution is -2.58. The van der Waals surface area contributed by atoms with Crippen molar-refractivity contribution in [3.63, 3.8) is 0 Å². The maximum absolute atomic E-state index is 5.69. The van der Waals surface area contributed by atoms with Crippen molar-refractivity contribution in [1.82, 2.24) is 4.90 Å². The van der Waals surface area contributed by atoms with Gasteiger partial charge in [0.05, 0.1) is 6.61 Å². The zero-order valence-corrected chi connectivity index (χ0v) is 8.88. The molecular weight excluding hydrogens is 162 g/mol. The lowest BCUT2D eigenvalue weighted by molar-refractivity contribution is -0.0439. The van der Waals surface area contributed by atoms with E-state index >= 15 is 0 Å². The number of hydrogen-bond donors (Lipinski definition) is 0. The van der Waals surface area contributed by atoms with Gasteiger partial charge in [0.1, 0.15) is 0 Å².